The number of methoxy groups -OCH3 is 3. The molecular weight excluding hydrogens is 1440 g/mol. The fraction of sp³-hybridized carbons (Fsp3) is 0.300. The topological polar surface area (TPSA) is 289 Å². The third-order valence-electron chi connectivity index (χ3n) is 17.2. The van der Waals surface area contributed by atoms with Gasteiger partial charge in [-0.05, 0) is 124 Å². The molecule has 0 spiro atoms. The summed E-state index contributed by atoms with van der Waals surface area (Å²) < 4.78 is 135. The number of fused-ring (bicyclic) bond motifs is 7. The van der Waals surface area contributed by atoms with Gasteiger partial charge in [-0.3, -0.25) is 23.4 Å². The first-order chi connectivity index (χ1) is 48.5. The average molecular weight is 1500 g/mol. The van der Waals surface area contributed by atoms with Gasteiger partial charge in [-0.25, -0.2) is 24.9 Å². The quantitative estimate of drug-likeness (QED) is 0.0185. The predicted octanol–water partition coefficient (Wildman–Crippen LogP) is 14.8. The van der Waals surface area contributed by atoms with E-state index in [0.717, 1.165) is 49.4 Å². The SMILES string of the molecule is C=CC(=O)N1[C@@H]2CC[C@H]1CC(OS(=O)(=O)c1ccc(C)cc1)C2.C=CC(=O)N1[C@@H]2CC[C@H]1CC(Oc1cc3c(Nc4ccc(C(F)(F)F)c(Cl)c4)ncnc3cc1OC)C2.COc1cc2nc[nH]c(=O)c2cc1OC(C)=O.COc1cc2ncnc(Nc3ccc(C(F)(F)F)c(Cl)c3)c2cc1O.[PH-2]. The predicted molar refractivity (Wildman–Crippen MR) is 376 cm³/mol. The van der Waals surface area contributed by atoms with Crippen LogP contribution in [0.15, 0.2) is 151 Å². The van der Waals surface area contributed by atoms with Gasteiger partial charge < -0.3 is 64.1 Å². The van der Waals surface area contributed by atoms with Gasteiger partial charge in [0, 0.05) is 84.3 Å². The lowest BCUT2D eigenvalue weighted by molar-refractivity contribution is -0.138. The first-order valence-electron chi connectivity index (χ1n) is 31.4. The zero-order valence-corrected chi connectivity index (χ0v) is 58.9. The van der Waals surface area contributed by atoms with E-state index in [1.54, 1.807) is 42.5 Å². The van der Waals surface area contributed by atoms with Crippen LogP contribution in [0.5, 0.6) is 34.5 Å². The monoisotopic (exact) mass is 1500 g/mol. The van der Waals surface area contributed by atoms with Crippen LogP contribution in [0.25, 0.3) is 32.7 Å². The van der Waals surface area contributed by atoms with E-state index in [1.807, 2.05) is 16.7 Å². The maximum atomic E-state index is 13.1. The molecule has 6 aromatic carbocycles. The molecule has 23 nitrogen and oxygen atoms in total. The summed E-state index contributed by atoms with van der Waals surface area (Å²) in [6, 6.07) is 23.0. The number of ether oxygens (including phenoxy) is 5. The molecule has 2 amide bonds. The number of phenolic OH excluding ortho intramolecular Hbond substituents is 1. The molecule has 9 aromatic rings. The van der Waals surface area contributed by atoms with Crippen LogP contribution in [0.1, 0.15) is 75.0 Å². The van der Waals surface area contributed by atoms with E-state index in [1.165, 1.54) is 95.8 Å². The lowest BCUT2D eigenvalue weighted by Gasteiger charge is -2.38. The summed E-state index contributed by atoms with van der Waals surface area (Å²) in [6.45, 7) is 10.3. The maximum absolute atomic E-state index is 13.1. The third kappa shape index (κ3) is 18.1. The van der Waals surface area contributed by atoms with Crippen molar-refractivity contribution in [3.8, 4) is 34.5 Å². The second-order valence-corrected chi connectivity index (χ2v) is 26.2. The molecule has 4 N–H and O–H groups in total. The molecule has 4 bridgehead atoms. The molecule has 0 radical (unpaired) electrons. The number of alkyl halides is 6. The number of carbonyl (C=O) groups excluding carboxylic acids is 3. The summed E-state index contributed by atoms with van der Waals surface area (Å²) in [5.41, 5.74) is 1.04. The normalized spacial score (nSPS) is 18.1. The number of piperidine rings is 2. The van der Waals surface area contributed by atoms with Gasteiger partial charge in [0.1, 0.15) is 30.4 Å². The Balaban J connectivity index is 0.000000165. The minimum absolute atomic E-state index is 0. The highest BCUT2D eigenvalue weighted by molar-refractivity contribution is 7.86. The van der Waals surface area contributed by atoms with Crippen molar-refractivity contribution in [1.29, 1.82) is 0 Å². The number of benzene rings is 6. The van der Waals surface area contributed by atoms with Crippen molar-refractivity contribution in [3.05, 3.63) is 178 Å². The van der Waals surface area contributed by atoms with Crippen molar-refractivity contribution in [2.75, 3.05) is 32.0 Å². The molecule has 3 aromatic heterocycles. The molecule has 544 valence electrons. The fourth-order valence-corrected chi connectivity index (χ4v) is 14.3. The number of aromatic hydroxyl groups is 1. The number of aromatic nitrogens is 6. The van der Waals surface area contributed by atoms with Crippen LogP contribution in [0, 0.1) is 6.92 Å². The molecule has 0 aliphatic carbocycles. The van der Waals surface area contributed by atoms with Crippen LogP contribution in [-0.2, 0) is 41.0 Å². The van der Waals surface area contributed by atoms with Crippen LogP contribution in [-0.4, -0.2) is 129 Å². The number of H-pyrrole nitrogens is 1. The van der Waals surface area contributed by atoms with Gasteiger partial charge in [0.05, 0.1) is 81.8 Å². The second-order valence-electron chi connectivity index (χ2n) is 23.8. The molecule has 4 saturated heterocycles. The number of aryl methyl sites for hydroxylation is 1. The number of amides is 2. The summed E-state index contributed by atoms with van der Waals surface area (Å²) in [6.07, 6.45) is 3.21. The molecule has 13 rings (SSSR count). The standard InChI is InChI=1S/C26H24ClF3N4O3.C17H21NO4S.C16H11ClF3N3O2.C11H10N2O4.HP/c1-3-24(35)34-15-5-6-16(34)10-17(9-15)37-23-11-18-21(12-22(23)36-2)31-13-32-25(18)33-14-4-7-19(20(27)8-14)26(28,29)30;1-3-17(19)18-13-6-7-14(18)11-15(10-13)22-23(20,21)16-8-4-12(2)5-9-16;1-25-14-6-12-9(5-13(14)24)15(22-7-21-12)23-8-2-3-10(11(17)4-8)16(18,19)20;1-6(14)17-10-3-7-8(4-9(10)16-2)12-5-13-11(7)15;/h3-4,7-8,11-13,15-17H,1,5-6,9-10H2,2H3,(H,31,32,33);3-5,8-9,13-15H,1,6-7,10-11H2,2H3;2-7,24H,1H3,(H,21,22,23);3-5H,1-2H3,(H,12,13,15);1H/q;;;;-2/t15-,16+,17?;13-,14+,15?;;;. The van der Waals surface area contributed by atoms with E-state index in [4.69, 9.17) is 51.1 Å². The van der Waals surface area contributed by atoms with Crippen LogP contribution < -0.4 is 39.9 Å². The molecule has 4 fully saturated rings. The van der Waals surface area contributed by atoms with Crippen LogP contribution in [0.2, 0.25) is 10.0 Å². The Bertz CT molecular complexity index is 4830. The number of rotatable bonds is 15. The van der Waals surface area contributed by atoms with Gasteiger partial charge in [0.2, 0.25) is 11.8 Å². The summed E-state index contributed by atoms with van der Waals surface area (Å²) in [5, 5.41) is 16.4. The van der Waals surface area contributed by atoms with Crippen molar-refractivity contribution >= 4 is 117 Å². The second kappa shape index (κ2) is 32.6. The highest BCUT2D eigenvalue weighted by atomic mass is 35.5. The molecule has 4 aliphatic heterocycles. The van der Waals surface area contributed by atoms with E-state index in [-0.39, 0.29) is 85.8 Å². The summed E-state index contributed by atoms with van der Waals surface area (Å²) in [7, 11) is 0.627. The lowest BCUT2D eigenvalue weighted by atomic mass is 9.99. The number of phenols is 1. The molecule has 4 aliphatic rings. The number of esters is 1. The number of hydrogen-bond donors (Lipinski definition) is 4. The summed E-state index contributed by atoms with van der Waals surface area (Å²) >= 11 is 11.6. The minimum atomic E-state index is -4.55. The first-order valence-corrected chi connectivity index (χ1v) is 33.6. The van der Waals surface area contributed by atoms with Crippen LogP contribution in [0.3, 0.4) is 0 Å². The Kier molecular flexibility index (Phi) is 24.5. The number of halogens is 8. The Hall–Kier alpha value is -9.87. The van der Waals surface area contributed by atoms with Crippen molar-refractivity contribution in [1.82, 2.24) is 39.7 Å². The van der Waals surface area contributed by atoms with Crippen molar-refractivity contribution in [2.24, 2.45) is 0 Å². The molecule has 2 unspecified atom stereocenters. The van der Waals surface area contributed by atoms with Crippen molar-refractivity contribution in [3.63, 3.8) is 0 Å². The lowest BCUT2D eigenvalue weighted by Crippen LogP contribution is -2.48. The summed E-state index contributed by atoms with van der Waals surface area (Å²) in [4.78, 5) is 73.8. The Morgan fingerprint density at radius 1 is 0.602 bits per heavy atom. The zero-order chi connectivity index (χ0) is 73.5. The minimum Gasteiger partial charge on any atom is -1.51 e. The largest absolute Gasteiger partial charge is 1.51 e. The van der Waals surface area contributed by atoms with Crippen molar-refractivity contribution in [2.45, 2.75) is 119 Å². The molecule has 6 atom stereocenters. The molecule has 7 heterocycles. The number of nitrogens with zero attached hydrogens (tertiary/aromatic N) is 7. The average Bonchev–Trinajstić information content (AvgIpc) is 1.74. The molecule has 0 saturated carbocycles. The highest BCUT2D eigenvalue weighted by Crippen LogP contribution is 2.44. The molecule has 33 heteroatoms. The van der Waals surface area contributed by atoms with E-state index < -0.39 is 49.6 Å². The van der Waals surface area contributed by atoms with Gasteiger partial charge in [0.15, 0.2) is 34.5 Å². The van der Waals surface area contributed by atoms with Crippen molar-refractivity contribution < 1.29 is 82.1 Å². The van der Waals surface area contributed by atoms with Gasteiger partial charge in [-0.15, -0.1) is 0 Å². The number of nitrogens with one attached hydrogen (secondary N) is 3. The van der Waals surface area contributed by atoms with Gasteiger partial charge in [-0.2, -0.15) is 34.8 Å². The van der Waals surface area contributed by atoms with Crippen LogP contribution >= 0.6 is 33.1 Å². The smallest absolute Gasteiger partial charge is 0.417 e. The number of anilines is 4. The molecular formula is C70H67Cl2F6N10O13PS-2. The van der Waals surface area contributed by atoms with E-state index >= 15 is 0 Å². The first kappa shape index (κ1) is 77.3. The highest BCUT2D eigenvalue weighted by Gasteiger charge is 2.45. The number of carbonyl (C=O) groups is 3. The van der Waals surface area contributed by atoms with E-state index in [2.05, 4.69) is 53.7 Å². The third-order valence-corrected chi connectivity index (χ3v) is 19.2. The Morgan fingerprint density at radius 2 is 1.04 bits per heavy atom. The fourth-order valence-electron chi connectivity index (χ4n) is 12.6. The van der Waals surface area contributed by atoms with Gasteiger partial charge in [-0.1, -0.05) is 54.1 Å². The number of aromatic amines is 1. The van der Waals surface area contributed by atoms with E-state index in [9.17, 15) is 59.0 Å². The zero-order valence-electron chi connectivity index (χ0n) is 55.6. The summed E-state index contributed by atoms with van der Waals surface area (Å²) in [5.74, 6) is 1.74. The van der Waals surface area contributed by atoms with E-state index in [0.29, 0.717) is 98.7 Å². The van der Waals surface area contributed by atoms with Gasteiger partial charge >= 0.3 is 18.3 Å². The Labute approximate surface area is 599 Å². The maximum Gasteiger partial charge on any atom is 0.417 e. The van der Waals surface area contributed by atoms with Crippen LogP contribution in [0.4, 0.5) is 49.4 Å². The molecule has 103 heavy (non-hydrogen) atoms. The number of hydrogen-bond acceptors (Lipinski definition) is 20. The van der Waals surface area contributed by atoms with Gasteiger partial charge in [0.25, 0.3) is 15.7 Å². The Morgan fingerprint density at radius 3 is 1.49 bits per heavy atom.